The monoisotopic (exact) mass is 812 g/mol. The van der Waals surface area contributed by atoms with E-state index in [4.69, 9.17) is 4.52 Å². The van der Waals surface area contributed by atoms with Gasteiger partial charge >= 0.3 is 0 Å². The van der Waals surface area contributed by atoms with Crippen molar-refractivity contribution in [1.82, 2.24) is 0 Å². The van der Waals surface area contributed by atoms with Gasteiger partial charge in [-0.1, -0.05) is 151 Å². The van der Waals surface area contributed by atoms with Crippen molar-refractivity contribution in [2.75, 3.05) is 22.9 Å². The third kappa shape index (κ3) is 7.12. The fourth-order valence-electron chi connectivity index (χ4n) is 8.53. The van der Waals surface area contributed by atoms with Crippen molar-refractivity contribution in [1.29, 1.82) is 0 Å². The van der Waals surface area contributed by atoms with Gasteiger partial charge in [-0.2, -0.15) is 0 Å². The second-order valence-electron chi connectivity index (χ2n) is 14.6. The van der Waals surface area contributed by atoms with Crippen LogP contribution in [0.2, 0.25) is 0 Å². The molecule has 0 radical (unpaired) electrons. The molecule has 2 aliphatic rings. The molecule has 1 fully saturated rings. The first-order valence-electron chi connectivity index (χ1n) is 18.7. The molecule has 272 valence electrons. The number of hydrogen-bond acceptors (Lipinski definition) is 1. The van der Waals surface area contributed by atoms with Gasteiger partial charge in [0, 0.05) is 49.2 Å². The number of aryl methyl sites for hydroxylation is 6. The Labute approximate surface area is 334 Å². The number of benzene rings is 6. The maximum absolute atomic E-state index is 7.90. The number of anilines is 2. The van der Waals surface area contributed by atoms with Crippen LogP contribution >= 0.6 is 7.40 Å². The average Bonchev–Trinajstić information content (AvgIpc) is 3.75. The van der Waals surface area contributed by atoms with Gasteiger partial charge in [0.15, 0.2) is 5.54 Å². The molecular formula is C49H47N2OPRu. The summed E-state index contributed by atoms with van der Waals surface area (Å²) >= 11 is 0. The third-order valence-electron chi connectivity index (χ3n) is 10.5. The van der Waals surface area contributed by atoms with Gasteiger partial charge < -0.3 is 14.3 Å². The van der Waals surface area contributed by atoms with Crippen LogP contribution in [0.4, 0.5) is 11.4 Å². The Hall–Kier alpha value is -4.72. The summed E-state index contributed by atoms with van der Waals surface area (Å²) in [6, 6.07) is 50.6. The molecule has 0 spiro atoms. The summed E-state index contributed by atoms with van der Waals surface area (Å²) in [4.78, 5) is 5.21. The first-order chi connectivity index (χ1) is 25.8. The number of allylic oxidation sites excluding steroid dienone is 1. The Bertz CT molecular complexity index is 2290. The van der Waals surface area contributed by atoms with E-state index in [1.165, 1.54) is 77.9 Å². The zero-order valence-corrected chi connectivity index (χ0v) is 34.6. The molecule has 1 aliphatic carbocycles. The fraction of sp³-hybridized carbons (Fsp3) is 0.184. The second-order valence-corrected chi connectivity index (χ2v) is 16.2. The summed E-state index contributed by atoms with van der Waals surface area (Å²) < 4.78 is 7.90. The molecule has 5 heteroatoms. The van der Waals surface area contributed by atoms with E-state index >= 15 is 0 Å². The van der Waals surface area contributed by atoms with Crippen LogP contribution < -0.4 is 9.80 Å². The van der Waals surface area contributed by atoms with Gasteiger partial charge in [-0.25, -0.2) is 0 Å². The maximum Gasteiger partial charge on any atom is 0.160 e. The van der Waals surface area contributed by atoms with Gasteiger partial charge in [-0.05, 0) is 103 Å². The quantitative estimate of drug-likeness (QED) is 0.118. The first kappa shape index (κ1) is 37.6. The molecule has 1 aliphatic heterocycles. The molecule has 0 amide bonds. The van der Waals surface area contributed by atoms with Crippen molar-refractivity contribution >= 4 is 35.2 Å². The molecular weight excluding hydrogens is 765 g/mol. The van der Waals surface area contributed by atoms with Gasteiger partial charge in [0.1, 0.15) is 6.10 Å². The Morgan fingerprint density at radius 2 is 0.926 bits per heavy atom. The van der Waals surface area contributed by atoms with Gasteiger partial charge in [0.05, 0.1) is 7.40 Å². The first-order valence-corrected chi connectivity index (χ1v) is 19.9. The summed E-state index contributed by atoms with van der Waals surface area (Å²) in [6.07, 6.45) is 2.15. The van der Waals surface area contributed by atoms with Crippen LogP contribution in [0.1, 0.15) is 67.3 Å². The molecule has 3 nitrogen and oxygen atoms in total. The molecule has 8 rings (SSSR count). The maximum atomic E-state index is 7.90. The van der Waals surface area contributed by atoms with Crippen LogP contribution in [0.5, 0.6) is 0 Å². The van der Waals surface area contributed by atoms with Crippen LogP contribution in [0.25, 0.3) is 5.57 Å². The number of hydrogen-bond donors (Lipinski definition) is 0. The molecule has 0 saturated carbocycles. The summed E-state index contributed by atoms with van der Waals surface area (Å²) in [5.41, 5.74) is 18.7. The van der Waals surface area contributed by atoms with Crippen molar-refractivity contribution in [2.24, 2.45) is 0 Å². The Morgan fingerprint density at radius 1 is 0.519 bits per heavy atom. The van der Waals surface area contributed by atoms with Crippen LogP contribution in [0, 0.1) is 41.5 Å². The second kappa shape index (κ2) is 15.9. The van der Waals surface area contributed by atoms with Crippen molar-refractivity contribution in [3.8, 4) is 0 Å². The number of rotatable bonds is 7. The molecule has 1 unspecified atom stereocenters. The Morgan fingerprint density at radius 3 is 1.39 bits per heavy atom. The topological polar surface area (TPSA) is 15.7 Å². The predicted molar refractivity (Wildman–Crippen MR) is 228 cm³/mol. The molecule has 0 N–H and O–H groups in total. The molecule has 1 saturated heterocycles. The smallest absolute Gasteiger partial charge is 0.160 e. The van der Waals surface area contributed by atoms with E-state index in [1.807, 2.05) is 0 Å². The minimum Gasteiger partial charge on any atom is -0.320 e. The molecule has 6 aromatic carbocycles. The molecule has 0 aromatic heterocycles. The van der Waals surface area contributed by atoms with Crippen LogP contribution in [0.3, 0.4) is 0 Å². The molecule has 0 bridgehead atoms. The van der Waals surface area contributed by atoms with E-state index in [-0.39, 0.29) is 25.6 Å². The van der Waals surface area contributed by atoms with E-state index < -0.39 is 7.40 Å². The minimum atomic E-state index is -1.44. The zero-order valence-electron chi connectivity index (χ0n) is 32.0. The summed E-state index contributed by atoms with van der Waals surface area (Å²) in [5, 5.41) is 1.24. The number of fused-ring (bicyclic) bond motifs is 1. The van der Waals surface area contributed by atoms with Crippen molar-refractivity contribution in [3.05, 3.63) is 207 Å². The molecule has 54 heavy (non-hydrogen) atoms. The molecule has 1 atom stereocenters. The van der Waals surface area contributed by atoms with Crippen molar-refractivity contribution in [2.45, 2.75) is 47.6 Å². The normalized spacial score (nSPS) is 14.6. The zero-order chi connectivity index (χ0) is 36.6. The van der Waals surface area contributed by atoms with E-state index in [0.717, 1.165) is 24.2 Å². The van der Waals surface area contributed by atoms with E-state index in [0.29, 0.717) is 0 Å². The van der Waals surface area contributed by atoms with Crippen LogP contribution in [0.15, 0.2) is 146 Å². The van der Waals surface area contributed by atoms with E-state index in [1.54, 1.807) is 0 Å². The van der Waals surface area contributed by atoms with E-state index in [2.05, 4.69) is 197 Å². The van der Waals surface area contributed by atoms with Gasteiger partial charge in [-0.3, -0.25) is 0 Å². The average molecular weight is 812 g/mol. The van der Waals surface area contributed by atoms with Crippen molar-refractivity contribution in [3.63, 3.8) is 0 Å². The van der Waals surface area contributed by atoms with Gasteiger partial charge in [0.25, 0.3) is 0 Å². The third-order valence-corrected chi connectivity index (χ3v) is 12.6. The Kier molecular flexibility index (Phi) is 11.1. The van der Waals surface area contributed by atoms with Crippen LogP contribution in [-0.2, 0) is 24.0 Å². The summed E-state index contributed by atoms with van der Waals surface area (Å²) in [6.45, 7) is 15.2. The van der Waals surface area contributed by atoms with Gasteiger partial charge in [0.2, 0.25) is 0 Å². The fourth-order valence-corrected chi connectivity index (χ4v) is 10.9. The summed E-state index contributed by atoms with van der Waals surface area (Å²) in [5.74, 6) is 0. The molecule has 1 heterocycles. The number of nitrogens with zero attached hydrogens (tertiary/aromatic N) is 2. The largest absolute Gasteiger partial charge is 0.320 e. The SMILES string of the molecule is Cc1cc(C)c(N2CCN(c3c(C)cc(C)cc3C)C2=P(OC(c2ccccc2)c2ccccc2)=C2C=C(c3ccccc3)c3ccccc32)c(C)c1.[Ru]. The predicted octanol–water partition coefficient (Wildman–Crippen LogP) is 11.8. The van der Waals surface area contributed by atoms with E-state index in [9.17, 15) is 0 Å². The van der Waals surface area contributed by atoms with Crippen LogP contribution in [-0.4, -0.2) is 23.9 Å². The molecule has 6 aromatic rings. The minimum absolute atomic E-state index is 0. The van der Waals surface area contributed by atoms with Crippen molar-refractivity contribution < 1.29 is 24.0 Å². The summed E-state index contributed by atoms with van der Waals surface area (Å²) in [7, 11) is -1.44. The standard InChI is InChI=1S/C49H47N2OP.Ru/c1-33-28-35(3)46(36(4)29-33)50-26-27-51(47-37(5)30-34(2)31-38(47)6)49(50)53(52-48(40-20-12-8-13-21-40)41-22-14-9-15-23-41)45-32-44(39-18-10-7-11-19-39)42-24-16-17-25-43(42)45;/h7-25,28-32,48H,26-27H2,1-6H3;. The Balaban J connectivity index is 0.00000450. The van der Waals surface area contributed by atoms with Gasteiger partial charge in [-0.15, -0.1) is 0 Å².